The van der Waals surface area contributed by atoms with Gasteiger partial charge < -0.3 is 15.2 Å². The summed E-state index contributed by atoms with van der Waals surface area (Å²) in [7, 11) is 1.70. The van der Waals surface area contributed by atoms with Gasteiger partial charge in [-0.3, -0.25) is 5.41 Å². The molecule has 0 saturated heterocycles. The number of amidine groups is 1. The molecule has 4 nitrogen and oxygen atoms in total. The molecule has 0 amide bonds. The summed E-state index contributed by atoms with van der Waals surface area (Å²) in [6, 6.07) is 15.5. The Morgan fingerprint density at radius 1 is 1.10 bits per heavy atom. The molecule has 0 aliphatic heterocycles. The molecule has 3 N–H and O–H groups in total. The zero-order chi connectivity index (χ0) is 15.1. The molecule has 2 aromatic carbocycles. The van der Waals surface area contributed by atoms with Crippen LogP contribution in [0, 0.1) is 5.41 Å². The van der Waals surface area contributed by atoms with Crippen molar-refractivity contribution in [3.63, 3.8) is 0 Å². The van der Waals surface area contributed by atoms with E-state index < -0.39 is 0 Å². The molecule has 21 heavy (non-hydrogen) atoms. The summed E-state index contributed by atoms with van der Waals surface area (Å²) in [6.45, 7) is 1.18. The maximum atomic E-state index is 7.43. The van der Waals surface area contributed by atoms with Crippen molar-refractivity contribution in [3.05, 3.63) is 65.2 Å². The number of hydrogen-bond acceptors (Lipinski definition) is 3. The molecule has 4 heteroatoms. The molecule has 0 aliphatic carbocycles. The number of hydrogen-bond donors (Lipinski definition) is 2. The first-order valence-corrected chi connectivity index (χ1v) is 6.83. The molecule has 0 spiro atoms. The summed E-state index contributed by atoms with van der Waals surface area (Å²) < 4.78 is 10.8. The Kier molecular flexibility index (Phi) is 5.35. The number of nitrogens with one attached hydrogen (secondary N) is 1. The van der Waals surface area contributed by atoms with E-state index in [0.29, 0.717) is 12.2 Å². The van der Waals surface area contributed by atoms with Gasteiger partial charge in [-0.05, 0) is 35.7 Å². The molecule has 2 rings (SSSR count). The minimum absolute atomic E-state index is 0.0688. The fourth-order valence-corrected chi connectivity index (χ4v) is 1.97. The van der Waals surface area contributed by atoms with Crippen molar-refractivity contribution in [2.24, 2.45) is 5.73 Å². The third-order valence-electron chi connectivity index (χ3n) is 3.16. The van der Waals surface area contributed by atoms with Gasteiger partial charge in [-0.2, -0.15) is 0 Å². The van der Waals surface area contributed by atoms with Crippen molar-refractivity contribution in [3.8, 4) is 5.75 Å². The second kappa shape index (κ2) is 7.45. The first-order valence-electron chi connectivity index (χ1n) is 6.83. The Morgan fingerprint density at radius 3 is 2.52 bits per heavy atom. The fraction of sp³-hybridized carbons (Fsp3) is 0.235. The average Bonchev–Trinajstić information content (AvgIpc) is 2.52. The molecular weight excluding hydrogens is 264 g/mol. The molecule has 0 radical (unpaired) electrons. The van der Waals surface area contributed by atoms with Crippen LogP contribution in [-0.4, -0.2) is 19.6 Å². The Labute approximate surface area is 125 Å². The first kappa shape index (κ1) is 15.1. The summed E-state index contributed by atoms with van der Waals surface area (Å²) in [5, 5.41) is 7.43. The minimum atomic E-state index is 0.0688. The minimum Gasteiger partial charge on any atom is -0.489 e. The zero-order valence-electron chi connectivity index (χ0n) is 12.1. The van der Waals surface area contributed by atoms with Gasteiger partial charge in [0.1, 0.15) is 18.2 Å². The summed E-state index contributed by atoms with van der Waals surface area (Å²) in [4.78, 5) is 0. The van der Waals surface area contributed by atoms with Gasteiger partial charge in [0.25, 0.3) is 0 Å². The molecule has 0 heterocycles. The number of methoxy groups -OCH3 is 1. The molecule has 0 unspecified atom stereocenters. The van der Waals surface area contributed by atoms with Crippen LogP contribution in [0.1, 0.15) is 16.7 Å². The maximum absolute atomic E-state index is 7.43. The van der Waals surface area contributed by atoms with Crippen LogP contribution in [0.5, 0.6) is 5.75 Å². The van der Waals surface area contributed by atoms with Gasteiger partial charge in [0, 0.05) is 12.7 Å². The van der Waals surface area contributed by atoms with Gasteiger partial charge in [0.2, 0.25) is 0 Å². The van der Waals surface area contributed by atoms with Gasteiger partial charge >= 0.3 is 0 Å². The molecule has 0 bridgehead atoms. The molecule has 2 aromatic rings. The SMILES string of the molecule is COCCc1ccc(OCc2cccc(C(=N)N)c2)cc1. The average molecular weight is 284 g/mol. The third kappa shape index (κ3) is 4.61. The van der Waals surface area contributed by atoms with Crippen LogP contribution in [-0.2, 0) is 17.8 Å². The summed E-state index contributed by atoms with van der Waals surface area (Å²) in [6.07, 6.45) is 0.900. The van der Waals surface area contributed by atoms with Crippen LogP contribution in [0.15, 0.2) is 48.5 Å². The fourth-order valence-electron chi connectivity index (χ4n) is 1.97. The highest BCUT2D eigenvalue weighted by molar-refractivity contribution is 5.95. The molecule has 0 saturated carbocycles. The predicted octanol–water partition coefficient (Wildman–Crippen LogP) is 2.74. The summed E-state index contributed by atoms with van der Waals surface area (Å²) in [5.41, 5.74) is 8.41. The van der Waals surface area contributed by atoms with Gasteiger partial charge in [-0.1, -0.05) is 30.3 Å². The quantitative estimate of drug-likeness (QED) is 0.607. The van der Waals surface area contributed by atoms with E-state index in [1.54, 1.807) is 7.11 Å². The number of rotatable bonds is 7. The van der Waals surface area contributed by atoms with Crippen LogP contribution >= 0.6 is 0 Å². The predicted molar refractivity (Wildman–Crippen MR) is 83.8 cm³/mol. The molecule has 0 aliphatic rings. The van der Waals surface area contributed by atoms with E-state index in [2.05, 4.69) is 0 Å². The Morgan fingerprint density at radius 2 is 1.86 bits per heavy atom. The van der Waals surface area contributed by atoms with Crippen molar-refractivity contribution in [2.75, 3.05) is 13.7 Å². The lowest BCUT2D eigenvalue weighted by atomic mass is 10.1. The first-order chi connectivity index (χ1) is 10.2. The lowest BCUT2D eigenvalue weighted by Crippen LogP contribution is -2.11. The van der Waals surface area contributed by atoms with Crippen LogP contribution in [0.2, 0.25) is 0 Å². The molecular formula is C17H20N2O2. The van der Waals surface area contributed by atoms with Gasteiger partial charge in [-0.15, -0.1) is 0 Å². The second-order valence-corrected chi connectivity index (χ2v) is 4.79. The van der Waals surface area contributed by atoms with Gasteiger partial charge in [0.05, 0.1) is 6.61 Å². The number of benzene rings is 2. The normalized spacial score (nSPS) is 10.3. The van der Waals surface area contributed by atoms with Crippen molar-refractivity contribution >= 4 is 5.84 Å². The number of nitrogens with two attached hydrogens (primary N) is 1. The van der Waals surface area contributed by atoms with E-state index >= 15 is 0 Å². The summed E-state index contributed by atoms with van der Waals surface area (Å²) in [5.74, 6) is 0.892. The van der Waals surface area contributed by atoms with Crippen molar-refractivity contribution in [1.29, 1.82) is 5.41 Å². The molecule has 0 fully saturated rings. The Hall–Kier alpha value is -2.33. The Balaban J connectivity index is 1.93. The number of ether oxygens (including phenoxy) is 2. The van der Waals surface area contributed by atoms with Crippen LogP contribution in [0.25, 0.3) is 0 Å². The number of nitrogen functional groups attached to an aromatic ring is 1. The van der Waals surface area contributed by atoms with E-state index in [9.17, 15) is 0 Å². The highest BCUT2D eigenvalue weighted by Gasteiger charge is 2.00. The molecule has 110 valence electrons. The van der Waals surface area contributed by atoms with E-state index in [-0.39, 0.29) is 5.84 Å². The largest absolute Gasteiger partial charge is 0.489 e. The molecule has 0 atom stereocenters. The van der Waals surface area contributed by atoms with Crippen molar-refractivity contribution < 1.29 is 9.47 Å². The summed E-state index contributed by atoms with van der Waals surface area (Å²) >= 11 is 0. The lowest BCUT2D eigenvalue weighted by molar-refractivity contribution is 0.202. The second-order valence-electron chi connectivity index (χ2n) is 4.79. The van der Waals surface area contributed by atoms with E-state index in [1.165, 1.54) is 5.56 Å². The standard InChI is InChI=1S/C17H20N2O2/c1-20-10-9-13-5-7-16(8-6-13)21-12-14-3-2-4-15(11-14)17(18)19/h2-8,11H,9-10,12H2,1H3,(H3,18,19). The zero-order valence-corrected chi connectivity index (χ0v) is 12.1. The van der Waals surface area contributed by atoms with Crippen molar-refractivity contribution in [2.45, 2.75) is 13.0 Å². The van der Waals surface area contributed by atoms with E-state index in [1.807, 2.05) is 48.5 Å². The van der Waals surface area contributed by atoms with E-state index in [0.717, 1.165) is 24.3 Å². The highest BCUT2D eigenvalue weighted by Crippen LogP contribution is 2.15. The molecule has 0 aromatic heterocycles. The maximum Gasteiger partial charge on any atom is 0.122 e. The van der Waals surface area contributed by atoms with E-state index in [4.69, 9.17) is 20.6 Å². The smallest absolute Gasteiger partial charge is 0.122 e. The van der Waals surface area contributed by atoms with Gasteiger partial charge in [0.15, 0.2) is 0 Å². The topological polar surface area (TPSA) is 68.3 Å². The lowest BCUT2D eigenvalue weighted by Gasteiger charge is -2.08. The van der Waals surface area contributed by atoms with Crippen LogP contribution in [0.3, 0.4) is 0 Å². The van der Waals surface area contributed by atoms with Crippen LogP contribution in [0.4, 0.5) is 0 Å². The Bertz CT molecular complexity index is 594. The van der Waals surface area contributed by atoms with Gasteiger partial charge in [-0.25, -0.2) is 0 Å². The monoisotopic (exact) mass is 284 g/mol. The van der Waals surface area contributed by atoms with Crippen LogP contribution < -0.4 is 10.5 Å². The highest BCUT2D eigenvalue weighted by atomic mass is 16.5. The third-order valence-corrected chi connectivity index (χ3v) is 3.16. The van der Waals surface area contributed by atoms with Crippen molar-refractivity contribution in [1.82, 2.24) is 0 Å².